The Hall–Kier alpha value is -4.31. The maximum absolute atomic E-state index is 15.3. The molecule has 0 amide bonds. The molecule has 0 spiro atoms. The molecule has 5 rings (SSSR count). The SMILES string of the molecule is Cc1ccccc1-c1nc(NS(=O)(=O)c2cnn(C)c2)nc(Oc2ccc(N3CCN(C)CC3)cc2)c1C(F)(F)C(F)(F)F. The van der Waals surface area contributed by atoms with E-state index in [1.807, 2.05) is 7.05 Å². The average molecular weight is 638 g/mol. The molecule has 0 unspecified atom stereocenters. The van der Waals surface area contributed by atoms with Gasteiger partial charge in [-0.25, -0.2) is 18.1 Å². The number of piperazine rings is 1. The van der Waals surface area contributed by atoms with Crippen molar-refractivity contribution in [3.63, 3.8) is 0 Å². The molecular formula is C28H28F5N7O3S. The molecular weight excluding hydrogens is 609 g/mol. The van der Waals surface area contributed by atoms with Gasteiger partial charge in [-0.05, 0) is 43.8 Å². The summed E-state index contributed by atoms with van der Waals surface area (Å²) < 4.78 is 107. The largest absolute Gasteiger partial charge is 0.458 e. The number of nitrogens with one attached hydrogen (secondary N) is 1. The zero-order valence-corrected chi connectivity index (χ0v) is 24.6. The highest BCUT2D eigenvalue weighted by atomic mass is 32.2. The summed E-state index contributed by atoms with van der Waals surface area (Å²) >= 11 is 0. The summed E-state index contributed by atoms with van der Waals surface area (Å²) in [5, 5.41) is 3.79. The monoisotopic (exact) mass is 637 g/mol. The molecule has 16 heteroatoms. The first-order chi connectivity index (χ1) is 20.7. The van der Waals surface area contributed by atoms with Crippen molar-refractivity contribution < 1.29 is 35.1 Å². The lowest BCUT2D eigenvalue weighted by Gasteiger charge is -2.34. The molecule has 2 aromatic carbocycles. The van der Waals surface area contributed by atoms with Crippen molar-refractivity contribution in [3.05, 3.63) is 72.1 Å². The van der Waals surface area contributed by atoms with Gasteiger partial charge in [0, 0.05) is 50.7 Å². The van der Waals surface area contributed by atoms with E-state index >= 15 is 8.78 Å². The van der Waals surface area contributed by atoms with E-state index in [-0.39, 0.29) is 16.2 Å². The molecule has 1 fully saturated rings. The van der Waals surface area contributed by atoms with Gasteiger partial charge < -0.3 is 14.5 Å². The first-order valence-electron chi connectivity index (χ1n) is 13.3. The highest BCUT2D eigenvalue weighted by Gasteiger charge is 2.62. The Bertz CT molecular complexity index is 1750. The maximum atomic E-state index is 15.3. The maximum Gasteiger partial charge on any atom is 0.458 e. The summed E-state index contributed by atoms with van der Waals surface area (Å²) in [4.78, 5) is 11.6. The summed E-state index contributed by atoms with van der Waals surface area (Å²) in [7, 11) is -0.949. The molecule has 234 valence electrons. The predicted octanol–water partition coefficient (Wildman–Crippen LogP) is 5.18. The Morgan fingerprint density at radius 1 is 0.909 bits per heavy atom. The predicted molar refractivity (Wildman–Crippen MR) is 152 cm³/mol. The van der Waals surface area contributed by atoms with E-state index in [1.165, 1.54) is 49.0 Å². The topological polar surface area (TPSA) is 105 Å². The molecule has 0 aliphatic carbocycles. The molecule has 0 radical (unpaired) electrons. The highest BCUT2D eigenvalue weighted by Crippen LogP contribution is 2.51. The minimum absolute atomic E-state index is 0.0994. The number of hydrogen-bond donors (Lipinski definition) is 1. The van der Waals surface area contributed by atoms with Crippen LogP contribution in [0.15, 0.2) is 65.8 Å². The van der Waals surface area contributed by atoms with Gasteiger partial charge in [0.1, 0.15) is 16.2 Å². The molecule has 0 atom stereocenters. The third-order valence-electron chi connectivity index (χ3n) is 7.08. The highest BCUT2D eigenvalue weighted by molar-refractivity contribution is 7.92. The van der Waals surface area contributed by atoms with Gasteiger partial charge in [-0.1, -0.05) is 24.3 Å². The number of likely N-dealkylation sites (N-methyl/N-ethyl adjacent to an activating group) is 1. The van der Waals surface area contributed by atoms with E-state index in [2.05, 4.69) is 29.6 Å². The van der Waals surface area contributed by atoms with Gasteiger partial charge in [0.25, 0.3) is 10.0 Å². The third-order valence-corrected chi connectivity index (χ3v) is 8.37. The van der Waals surface area contributed by atoms with Crippen LogP contribution in [0.5, 0.6) is 11.6 Å². The molecule has 1 aliphatic rings. The van der Waals surface area contributed by atoms with Gasteiger partial charge >= 0.3 is 12.1 Å². The standard InChI is InChI=1S/C28H28F5N7O3S/c1-18-6-4-5-7-22(18)24-23(27(29,30)28(31,32)33)25(36-26(35-24)37-44(41,42)21-16-34-39(3)17-21)43-20-10-8-19(9-11-20)40-14-12-38(2)13-15-40/h4-11,16-17H,12-15H2,1-3H3,(H,35,36,37). The number of benzene rings is 2. The zero-order valence-electron chi connectivity index (χ0n) is 23.8. The zero-order chi connectivity index (χ0) is 31.9. The Morgan fingerprint density at radius 2 is 1.57 bits per heavy atom. The molecule has 10 nitrogen and oxygen atoms in total. The summed E-state index contributed by atoms with van der Waals surface area (Å²) in [5.74, 6) is -7.53. The molecule has 3 heterocycles. The van der Waals surface area contributed by atoms with Gasteiger partial charge in [-0.2, -0.15) is 32.0 Å². The normalized spacial score (nSPS) is 15.0. The number of halogens is 5. The number of sulfonamides is 1. The van der Waals surface area contributed by atoms with Crippen LogP contribution in [0, 0.1) is 6.92 Å². The number of alkyl halides is 5. The minimum atomic E-state index is -6.06. The van der Waals surface area contributed by atoms with Crippen molar-refractivity contribution in [2.24, 2.45) is 7.05 Å². The van der Waals surface area contributed by atoms with Crippen molar-refractivity contribution in [2.45, 2.75) is 23.9 Å². The summed E-state index contributed by atoms with van der Waals surface area (Å²) in [6.07, 6.45) is -3.87. The van der Waals surface area contributed by atoms with Gasteiger partial charge in [-0.15, -0.1) is 0 Å². The van der Waals surface area contributed by atoms with Crippen molar-refractivity contribution in [1.29, 1.82) is 0 Å². The first kappa shape index (κ1) is 31.1. The summed E-state index contributed by atoms with van der Waals surface area (Å²) in [5.41, 5.74) is -1.51. The lowest BCUT2D eigenvalue weighted by Crippen LogP contribution is -2.44. The van der Waals surface area contributed by atoms with Gasteiger partial charge in [0.05, 0.1) is 11.9 Å². The van der Waals surface area contributed by atoms with Crippen molar-refractivity contribution in [2.75, 3.05) is 42.8 Å². The lowest BCUT2D eigenvalue weighted by molar-refractivity contribution is -0.289. The average Bonchev–Trinajstić information content (AvgIpc) is 3.40. The molecule has 1 aliphatic heterocycles. The molecule has 1 saturated heterocycles. The molecule has 0 saturated carbocycles. The van der Waals surface area contributed by atoms with Gasteiger partial charge in [0.15, 0.2) is 0 Å². The number of aryl methyl sites for hydroxylation is 2. The Labute approximate surface area is 250 Å². The van der Waals surface area contributed by atoms with E-state index in [1.54, 1.807) is 18.2 Å². The number of rotatable bonds is 8. The van der Waals surface area contributed by atoms with E-state index in [9.17, 15) is 21.6 Å². The summed E-state index contributed by atoms with van der Waals surface area (Å²) in [6, 6.07) is 11.9. The van der Waals surface area contributed by atoms with Crippen LogP contribution in [0.4, 0.5) is 33.6 Å². The summed E-state index contributed by atoms with van der Waals surface area (Å²) in [6.45, 7) is 4.63. The fraction of sp³-hybridized carbons (Fsp3) is 0.321. The molecule has 1 N–H and O–H groups in total. The molecule has 2 aromatic heterocycles. The minimum Gasteiger partial charge on any atom is -0.438 e. The van der Waals surface area contributed by atoms with Crippen LogP contribution in [0.2, 0.25) is 0 Å². The molecule has 0 bridgehead atoms. The molecule has 44 heavy (non-hydrogen) atoms. The number of anilines is 2. The van der Waals surface area contributed by atoms with Gasteiger partial charge in [0.2, 0.25) is 11.8 Å². The van der Waals surface area contributed by atoms with Crippen molar-refractivity contribution in [1.82, 2.24) is 24.6 Å². The Balaban J connectivity index is 1.65. The quantitative estimate of drug-likeness (QED) is 0.264. The fourth-order valence-corrected chi connectivity index (χ4v) is 5.56. The van der Waals surface area contributed by atoms with Gasteiger partial charge in [-0.3, -0.25) is 4.68 Å². The van der Waals surface area contributed by atoms with Crippen molar-refractivity contribution >= 4 is 21.7 Å². The second-order valence-electron chi connectivity index (χ2n) is 10.3. The van der Waals surface area contributed by atoms with E-state index in [0.29, 0.717) is 5.56 Å². The Morgan fingerprint density at radius 3 is 2.16 bits per heavy atom. The Kier molecular flexibility index (Phi) is 8.24. The van der Waals surface area contributed by atoms with Crippen LogP contribution in [0.1, 0.15) is 11.1 Å². The van der Waals surface area contributed by atoms with Crippen LogP contribution in [0.25, 0.3) is 11.3 Å². The first-order valence-corrected chi connectivity index (χ1v) is 14.8. The number of ether oxygens (including phenoxy) is 1. The van der Waals surface area contributed by atoms with Crippen LogP contribution >= 0.6 is 0 Å². The number of aromatic nitrogens is 4. The second kappa shape index (κ2) is 11.6. The van der Waals surface area contributed by atoms with Crippen LogP contribution in [-0.4, -0.2) is 72.5 Å². The third kappa shape index (κ3) is 6.31. The van der Waals surface area contributed by atoms with Crippen LogP contribution in [0.3, 0.4) is 0 Å². The number of hydrogen-bond acceptors (Lipinski definition) is 8. The van der Waals surface area contributed by atoms with E-state index < -0.39 is 45.2 Å². The van der Waals surface area contributed by atoms with E-state index in [4.69, 9.17) is 4.74 Å². The van der Waals surface area contributed by atoms with Crippen molar-refractivity contribution in [3.8, 4) is 22.9 Å². The smallest absolute Gasteiger partial charge is 0.438 e. The number of nitrogens with zero attached hydrogens (tertiary/aromatic N) is 6. The molecule has 4 aromatic rings. The van der Waals surface area contributed by atoms with Crippen LogP contribution in [-0.2, 0) is 23.0 Å². The fourth-order valence-electron chi connectivity index (χ4n) is 4.64. The second-order valence-corrected chi connectivity index (χ2v) is 12.0. The van der Waals surface area contributed by atoms with E-state index in [0.717, 1.165) is 44.3 Å². The lowest BCUT2D eigenvalue weighted by atomic mass is 9.98. The van der Waals surface area contributed by atoms with Crippen LogP contribution < -0.4 is 14.4 Å².